The maximum atomic E-state index is 12.0. The molecule has 0 saturated heterocycles. The Morgan fingerprint density at radius 1 is 1.29 bits per heavy atom. The molecule has 4 nitrogen and oxygen atoms in total. The van der Waals surface area contributed by atoms with Crippen molar-refractivity contribution in [3.8, 4) is 5.75 Å². The second-order valence-electron chi connectivity index (χ2n) is 5.43. The van der Waals surface area contributed by atoms with Crippen LogP contribution in [0.2, 0.25) is 0 Å². The summed E-state index contributed by atoms with van der Waals surface area (Å²) in [6.45, 7) is 8.11. The summed E-state index contributed by atoms with van der Waals surface area (Å²) in [5.41, 5.74) is 0.542. The normalized spacial score (nSPS) is 15.1. The van der Waals surface area contributed by atoms with E-state index in [2.05, 4.69) is 24.4 Å². The molecule has 0 aliphatic rings. The van der Waals surface area contributed by atoms with Crippen LogP contribution in [0, 0.1) is 0 Å². The first-order chi connectivity index (χ1) is 9.95. The van der Waals surface area contributed by atoms with Crippen LogP contribution in [0.15, 0.2) is 24.3 Å². The third kappa shape index (κ3) is 5.05. The van der Waals surface area contributed by atoms with E-state index in [4.69, 9.17) is 9.47 Å². The lowest BCUT2D eigenvalue weighted by atomic mass is 9.95. The van der Waals surface area contributed by atoms with Crippen molar-refractivity contribution < 1.29 is 14.3 Å². The first-order valence-electron chi connectivity index (χ1n) is 7.57. The van der Waals surface area contributed by atoms with Crippen LogP contribution < -0.4 is 10.1 Å². The molecule has 0 saturated carbocycles. The quantitative estimate of drug-likeness (QED) is 0.749. The van der Waals surface area contributed by atoms with Crippen molar-refractivity contribution in [2.45, 2.75) is 52.2 Å². The monoisotopic (exact) mass is 293 g/mol. The minimum Gasteiger partial charge on any atom is -0.491 e. The molecule has 2 atom stereocenters. The lowest BCUT2D eigenvalue weighted by molar-refractivity contribution is -0.151. The number of hydrogen-bond acceptors (Lipinski definition) is 4. The molecule has 1 N–H and O–H groups in total. The maximum Gasteiger partial charge on any atom is 0.326 e. The minimum atomic E-state index is -0.737. The summed E-state index contributed by atoms with van der Waals surface area (Å²) < 4.78 is 11.0. The molecular formula is C17H27NO3. The average Bonchev–Trinajstić information content (AvgIpc) is 2.48. The van der Waals surface area contributed by atoms with E-state index in [1.54, 1.807) is 7.05 Å². The van der Waals surface area contributed by atoms with Gasteiger partial charge >= 0.3 is 5.97 Å². The van der Waals surface area contributed by atoms with Crippen molar-refractivity contribution in [3.05, 3.63) is 29.8 Å². The Hall–Kier alpha value is -1.55. The van der Waals surface area contributed by atoms with Gasteiger partial charge in [-0.25, -0.2) is 0 Å². The lowest BCUT2D eigenvalue weighted by Gasteiger charge is -2.29. The summed E-state index contributed by atoms with van der Waals surface area (Å²) >= 11 is 0. The number of carbonyl (C=O) groups excluding carboxylic acids is 1. The fraction of sp³-hybridized carbons (Fsp3) is 0.588. The number of likely N-dealkylation sites (N-methyl/N-ethyl adjacent to an activating group) is 1. The van der Waals surface area contributed by atoms with Gasteiger partial charge in [-0.3, -0.25) is 4.79 Å². The molecule has 2 unspecified atom stereocenters. The van der Waals surface area contributed by atoms with Crippen LogP contribution in [-0.2, 0) is 16.0 Å². The smallest absolute Gasteiger partial charge is 0.326 e. The van der Waals surface area contributed by atoms with Gasteiger partial charge in [-0.1, -0.05) is 19.1 Å². The second kappa shape index (κ2) is 8.03. The van der Waals surface area contributed by atoms with Crippen LogP contribution in [0.3, 0.4) is 0 Å². The van der Waals surface area contributed by atoms with Crippen molar-refractivity contribution in [2.75, 3.05) is 13.7 Å². The van der Waals surface area contributed by atoms with Crippen molar-refractivity contribution >= 4 is 5.97 Å². The van der Waals surface area contributed by atoms with Gasteiger partial charge in [0, 0.05) is 6.42 Å². The first kappa shape index (κ1) is 17.5. The molecular weight excluding hydrogens is 266 g/mol. The van der Waals surface area contributed by atoms with E-state index < -0.39 is 5.54 Å². The highest BCUT2D eigenvalue weighted by molar-refractivity contribution is 5.80. The number of carbonyl (C=O) groups is 1. The van der Waals surface area contributed by atoms with E-state index in [-0.39, 0.29) is 12.1 Å². The van der Waals surface area contributed by atoms with Crippen LogP contribution in [0.25, 0.3) is 0 Å². The van der Waals surface area contributed by atoms with Crippen molar-refractivity contribution in [3.63, 3.8) is 0 Å². The van der Waals surface area contributed by atoms with Crippen LogP contribution in [-0.4, -0.2) is 31.3 Å². The van der Waals surface area contributed by atoms with Crippen LogP contribution >= 0.6 is 0 Å². The maximum absolute atomic E-state index is 12.0. The van der Waals surface area contributed by atoms with Crippen LogP contribution in [0.1, 0.15) is 39.7 Å². The highest BCUT2D eigenvalue weighted by atomic mass is 16.5. The molecule has 0 spiro atoms. The molecule has 1 rings (SSSR count). The first-order valence-corrected chi connectivity index (χ1v) is 7.57. The highest BCUT2D eigenvalue weighted by Gasteiger charge is 2.35. The molecule has 118 valence electrons. The predicted molar refractivity (Wildman–Crippen MR) is 84.6 cm³/mol. The van der Waals surface area contributed by atoms with E-state index in [0.717, 1.165) is 12.2 Å². The Bertz CT molecular complexity index is 444. The molecule has 0 radical (unpaired) electrons. The number of esters is 1. The second-order valence-corrected chi connectivity index (χ2v) is 5.43. The topological polar surface area (TPSA) is 47.6 Å². The molecule has 1 aromatic carbocycles. The Morgan fingerprint density at radius 3 is 2.38 bits per heavy atom. The Balaban J connectivity index is 2.65. The molecule has 0 aliphatic carbocycles. The van der Waals surface area contributed by atoms with Gasteiger partial charge in [0.15, 0.2) is 0 Å². The zero-order chi connectivity index (χ0) is 15.9. The van der Waals surface area contributed by atoms with Gasteiger partial charge in [0.05, 0.1) is 12.7 Å². The summed E-state index contributed by atoms with van der Waals surface area (Å²) in [4.78, 5) is 12.0. The predicted octanol–water partition coefficient (Wildman–Crippen LogP) is 2.95. The summed E-state index contributed by atoms with van der Waals surface area (Å²) in [6, 6.07) is 8.06. The molecule has 0 bridgehead atoms. The van der Waals surface area contributed by atoms with Crippen molar-refractivity contribution in [1.29, 1.82) is 0 Å². The molecule has 1 aromatic rings. The Kier molecular flexibility index (Phi) is 6.69. The van der Waals surface area contributed by atoms with Crippen molar-refractivity contribution in [2.24, 2.45) is 0 Å². The fourth-order valence-corrected chi connectivity index (χ4v) is 2.23. The number of hydrogen-bond donors (Lipinski definition) is 1. The third-order valence-electron chi connectivity index (χ3n) is 3.64. The number of aryl methyl sites for hydroxylation is 1. The molecule has 0 heterocycles. The van der Waals surface area contributed by atoms with Gasteiger partial charge in [-0.15, -0.1) is 0 Å². The fourth-order valence-electron chi connectivity index (χ4n) is 2.23. The highest BCUT2D eigenvalue weighted by Crippen LogP contribution is 2.20. The number of ether oxygens (including phenoxy) is 2. The molecule has 4 heteroatoms. The standard InChI is InChI=1S/C17H27NO3/c1-6-14-8-10-15(11-9-14)21-13(3)12-17(4,18-5)16(19)20-7-2/h8-11,13,18H,6-7,12H2,1-5H3. The van der Waals surface area contributed by atoms with Gasteiger partial charge in [0.1, 0.15) is 11.3 Å². The minimum absolute atomic E-state index is 0.0978. The number of benzene rings is 1. The zero-order valence-electron chi connectivity index (χ0n) is 13.7. The third-order valence-corrected chi connectivity index (χ3v) is 3.64. The van der Waals surface area contributed by atoms with E-state index in [9.17, 15) is 4.79 Å². The summed E-state index contributed by atoms with van der Waals surface area (Å²) in [5, 5.41) is 3.04. The lowest BCUT2D eigenvalue weighted by Crippen LogP contribution is -2.51. The average molecular weight is 293 g/mol. The Morgan fingerprint density at radius 2 is 1.90 bits per heavy atom. The summed E-state index contributed by atoms with van der Waals surface area (Å²) in [7, 11) is 1.76. The van der Waals surface area contributed by atoms with Crippen LogP contribution in [0.5, 0.6) is 5.75 Å². The summed E-state index contributed by atoms with van der Waals surface area (Å²) in [6.07, 6.45) is 1.45. The van der Waals surface area contributed by atoms with Gasteiger partial charge in [0.25, 0.3) is 0 Å². The van der Waals surface area contributed by atoms with E-state index in [1.165, 1.54) is 5.56 Å². The van der Waals surface area contributed by atoms with E-state index in [0.29, 0.717) is 13.0 Å². The molecule has 21 heavy (non-hydrogen) atoms. The van der Waals surface area contributed by atoms with Gasteiger partial charge in [-0.2, -0.15) is 0 Å². The number of nitrogens with one attached hydrogen (secondary N) is 1. The molecule has 0 aromatic heterocycles. The molecule has 0 aliphatic heterocycles. The van der Waals surface area contributed by atoms with E-state index >= 15 is 0 Å². The van der Waals surface area contributed by atoms with Crippen LogP contribution in [0.4, 0.5) is 0 Å². The van der Waals surface area contributed by atoms with Gasteiger partial charge in [0.2, 0.25) is 0 Å². The molecule has 0 amide bonds. The molecule has 0 fully saturated rings. The SMILES string of the molecule is CCOC(=O)C(C)(CC(C)Oc1ccc(CC)cc1)NC. The number of rotatable bonds is 8. The zero-order valence-corrected chi connectivity index (χ0v) is 13.7. The van der Waals surface area contributed by atoms with Gasteiger partial charge < -0.3 is 14.8 Å². The van der Waals surface area contributed by atoms with Gasteiger partial charge in [-0.05, 0) is 51.9 Å². The Labute approximate surface area is 127 Å². The summed E-state index contributed by atoms with van der Waals surface area (Å²) in [5.74, 6) is 0.575. The largest absolute Gasteiger partial charge is 0.491 e. The van der Waals surface area contributed by atoms with Crippen molar-refractivity contribution in [1.82, 2.24) is 5.32 Å². The van der Waals surface area contributed by atoms with E-state index in [1.807, 2.05) is 32.9 Å².